The molecule has 1 amide bonds. The number of ether oxygens (including phenoxy) is 1. The minimum Gasteiger partial charge on any atom is -0.488 e. The molecule has 3 rings (SSSR count). The van der Waals surface area contributed by atoms with Crippen LogP contribution in [-0.4, -0.2) is 41.7 Å². The van der Waals surface area contributed by atoms with E-state index in [9.17, 15) is 9.90 Å². The lowest BCUT2D eigenvalue weighted by atomic mass is 10.0. The number of aryl methyl sites for hydroxylation is 3. The Bertz CT molecular complexity index is 826. The van der Waals surface area contributed by atoms with E-state index < -0.39 is 6.10 Å². The summed E-state index contributed by atoms with van der Waals surface area (Å²) in [5, 5.41) is 12.7. The van der Waals surface area contributed by atoms with Crippen molar-refractivity contribution in [2.45, 2.75) is 52.5 Å². The number of nitrogens with zero attached hydrogens (tertiary/aromatic N) is 1. The van der Waals surface area contributed by atoms with Crippen LogP contribution in [-0.2, 0) is 17.9 Å². The number of likely N-dealkylation sites (N-methyl/N-ethyl adjacent to an activating group) is 1. The third-order valence-electron chi connectivity index (χ3n) is 5.36. The van der Waals surface area contributed by atoms with Crippen LogP contribution in [0.2, 0.25) is 0 Å². The van der Waals surface area contributed by atoms with E-state index in [-0.39, 0.29) is 11.9 Å². The zero-order chi connectivity index (χ0) is 20.3. The molecule has 2 unspecified atom stereocenters. The van der Waals surface area contributed by atoms with Crippen molar-refractivity contribution in [2.24, 2.45) is 0 Å². The molecule has 1 heterocycles. The van der Waals surface area contributed by atoms with Crippen molar-refractivity contribution in [1.29, 1.82) is 0 Å². The first-order valence-corrected chi connectivity index (χ1v) is 9.79. The number of aliphatic hydroxyl groups excluding tert-OH is 1. The van der Waals surface area contributed by atoms with Gasteiger partial charge in [-0.05, 0) is 55.0 Å². The molecule has 2 aromatic carbocycles. The first-order chi connectivity index (χ1) is 13.3. The molecule has 0 saturated carbocycles. The first-order valence-electron chi connectivity index (χ1n) is 9.79. The van der Waals surface area contributed by atoms with Crippen LogP contribution < -0.4 is 10.1 Å². The standard InChI is InChI=1S/C23H30N2O3/c1-15-7-5-6-8-19(15)14-28-22-16(2)9-18(10-17(22)3)13-25(4)23(27)21-11-20(26)12-24-21/h5-10,20-21,24,26H,11-14H2,1-4H3. The van der Waals surface area contributed by atoms with Crippen molar-refractivity contribution in [3.8, 4) is 5.75 Å². The molecule has 0 radical (unpaired) electrons. The molecule has 28 heavy (non-hydrogen) atoms. The summed E-state index contributed by atoms with van der Waals surface area (Å²) >= 11 is 0. The molecule has 1 saturated heterocycles. The molecule has 0 bridgehead atoms. The van der Waals surface area contributed by atoms with Gasteiger partial charge in [0.15, 0.2) is 0 Å². The van der Waals surface area contributed by atoms with Crippen LogP contribution in [0.4, 0.5) is 0 Å². The normalized spacial score (nSPS) is 18.9. The third-order valence-corrected chi connectivity index (χ3v) is 5.36. The van der Waals surface area contributed by atoms with Crippen LogP contribution >= 0.6 is 0 Å². The Balaban J connectivity index is 1.66. The van der Waals surface area contributed by atoms with E-state index in [1.165, 1.54) is 11.1 Å². The van der Waals surface area contributed by atoms with Crippen molar-refractivity contribution in [3.63, 3.8) is 0 Å². The highest BCUT2D eigenvalue weighted by molar-refractivity contribution is 5.82. The van der Waals surface area contributed by atoms with Gasteiger partial charge in [0.05, 0.1) is 12.1 Å². The van der Waals surface area contributed by atoms with Crippen LogP contribution in [0.5, 0.6) is 5.75 Å². The molecule has 1 aliphatic heterocycles. The van der Waals surface area contributed by atoms with Crippen molar-refractivity contribution in [2.75, 3.05) is 13.6 Å². The predicted molar refractivity (Wildman–Crippen MR) is 110 cm³/mol. The topological polar surface area (TPSA) is 61.8 Å². The van der Waals surface area contributed by atoms with E-state index in [2.05, 4.69) is 36.5 Å². The van der Waals surface area contributed by atoms with Gasteiger partial charge in [0.1, 0.15) is 12.4 Å². The highest BCUT2D eigenvalue weighted by Gasteiger charge is 2.30. The van der Waals surface area contributed by atoms with E-state index in [1.807, 2.05) is 33.0 Å². The highest BCUT2D eigenvalue weighted by atomic mass is 16.5. The number of nitrogens with one attached hydrogen (secondary N) is 1. The molecule has 5 nitrogen and oxygen atoms in total. The smallest absolute Gasteiger partial charge is 0.239 e. The van der Waals surface area contributed by atoms with Gasteiger partial charge in [0, 0.05) is 20.1 Å². The van der Waals surface area contributed by atoms with Crippen LogP contribution in [0.3, 0.4) is 0 Å². The maximum Gasteiger partial charge on any atom is 0.239 e. The second-order valence-electron chi connectivity index (χ2n) is 7.82. The van der Waals surface area contributed by atoms with Gasteiger partial charge in [-0.25, -0.2) is 0 Å². The average Bonchev–Trinajstić information content (AvgIpc) is 3.08. The number of β-amino-alcohol motifs (C(OH)–C–C–N with tert-alkyl or cyclic N) is 1. The molecule has 0 aliphatic carbocycles. The average molecular weight is 383 g/mol. The number of carbonyl (C=O) groups excluding carboxylic acids is 1. The lowest BCUT2D eigenvalue weighted by Crippen LogP contribution is -2.41. The quantitative estimate of drug-likeness (QED) is 0.807. The molecule has 150 valence electrons. The zero-order valence-electron chi connectivity index (χ0n) is 17.2. The van der Waals surface area contributed by atoms with Gasteiger partial charge in [0.25, 0.3) is 0 Å². The van der Waals surface area contributed by atoms with Crippen LogP contribution in [0.15, 0.2) is 36.4 Å². The summed E-state index contributed by atoms with van der Waals surface area (Å²) in [6, 6.07) is 12.1. The maximum atomic E-state index is 12.6. The largest absolute Gasteiger partial charge is 0.488 e. The Hall–Kier alpha value is -2.37. The maximum absolute atomic E-state index is 12.6. The Labute approximate surface area is 167 Å². The number of hydrogen-bond donors (Lipinski definition) is 2. The number of rotatable bonds is 6. The summed E-state index contributed by atoms with van der Waals surface area (Å²) in [6.07, 6.45) is 0.0453. The molecular weight excluding hydrogens is 352 g/mol. The fourth-order valence-corrected chi connectivity index (χ4v) is 3.80. The van der Waals surface area contributed by atoms with Gasteiger partial charge in [-0.2, -0.15) is 0 Å². The number of aliphatic hydroxyl groups is 1. The number of hydrogen-bond acceptors (Lipinski definition) is 4. The van der Waals surface area contributed by atoms with Gasteiger partial charge >= 0.3 is 0 Å². The number of amides is 1. The summed E-state index contributed by atoms with van der Waals surface area (Å²) in [5.41, 5.74) is 5.62. The summed E-state index contributed by atoms with van der Waals surface area (Å²) in [7, 11) is 1.81. The van der Waals surface area contributed by atoms with E-state index in [0.717, 1.165) is 22.4 Å². The summed E-state index contributed by atoms with van der Waals surface area (Å²) in [6.45, 7) is 7.73. The highest BCUT2D eigenvalue weighted by Crippen LogP contribution is 2.27. The Morgan fingerprint density at radius 3 is 2.46 bits per heavy atom. The van der Waals surface area contributed by atoms with E-state index in [4.69, 9.17) is 4.74 Å². The molecule has 0 aromatic heterocycles. The SMILES string of the molecule is Cc1ccccc1COc1c(C)cc(CN(C)C(=O)C2CC(O)CN2)cc1C. The van der Waals surface area contributed by atoms with Crippen molar-refractivity contribution >= 4 is 5.91 Å². The molecule has 2 atom stereocenters. The molecule has 5 heteroatoms. The number of carbonyl (C=O) groups is 1. The van der Waals surface area contributed by atoms with Crippen molar-refractivity contribution < 1.29 is 14.6 Å². The summed E-state index contributed by atoms with van der Waals surface area (Å²) < 4.78 is 6.12. The second-order valence-corrected chi connectivity index (χ2v) is 7.82. The third kappa shape index (κ3) is 4.72. The Morgan fingerprint density at radius 1 is 1.18 bits per heavy atom. The molecule has 2 N–H and O–H groups in total. The van der Waals surface area contributed by atoms with Crippen molar-refractivity contribution in [1.82, 2.24) is 10.2 Å². The summed E-state index contributed by atoms with van der Waals surface area (Å²) in [5.74, 6) is 0.924. The van der Waals surface area contributed by atoms with Gasteiger partial charge in [-0.15, -0.1) is 0 Å². The van der Waals surface area contributed by atoms with Crippen LogP contribution in [0.25, 0.3) is 0 Å². The van der Waals surface area contributed by atoms with E-state index >= 15 is 0 Å². The Morgan fingerprint density at radius 2 is 1.86 bits per heavy atom. The van der Waals surface area contributed by atoms with Crippen molar-refractivity contribution in [3.05, 3.63) is 64.2 Å². The first kappa shape index (κ1) is 20.4. The fraction of sp³-hybridized carbons (Fsp3) is 0.435. The molecule has 1 fully saturated rings. The molecule has 2 aromatic rings. The van der Waals surface area contributed by atoms with Gasteiger partial charge in [-0.1, -0.05) is 36.4 Å². The zero-order valence-corrected chi connectivity index (χ0v) is 17.2. The van der Waals surface area contributed by atoms with E-state index in [0.29, 0.717) is 26.1 Å². The number of benzene rings is 2. The predicted octanol–water partition coefficient (Wildman–Crippen LogP) is 2.87. The minimum atomic E-state index is -0.434. The van der Waals surface area contributed by atoms with E-state index in [1.54, 1.807) is 4.90 Å². The summed E-state index contributed by atoms with van der Waals surface area (Å²) in [4.78, 5) is 14.3. The lowest BCUT2D eigenvalue weighted by molar-refractivity contribution is -0.132. The molecule has 1 aliphatic rings. The lowest BCUT2D eigenvalue weighted by Gasteiger charge is -2.22. The minimum absolute atomic E-state index is 0.0201. The monoisotopic (exact) mass is 382 g/mol. The molecule has 0 spiro atoms. The van der Waals surface area contributed by atoms with Gasteiger partial charge in [-0.3, -0.25) is 4.79 Å². The van der Waals surface area contributed by atoms with Gasteiger partial charge < -0.3 is 20.1 Å². The van der Waals surface area contributed by atoms with Gasteiger partial charge in [0.2, 0.25) is 5.91 Å². The Kier molecular flexibility index (Phi) is 6.37. The van der Waals surface area contributed by atoms with Crippen LogP contribution in [0, 0.1) is 20.8 Å². The second kappa shape index (κ2) is 8.76. The fourth-order valence-electron chi connectivity index (χ4n) is 3.80. The molecular formula is C23H30N2O3. The van der Waals surface area contributed by atoms with Crippen LogP contribution in [0.1, 0.15) is 34.2 Å².